The number of nitrogens with one attached hydrogen (secondary N) is 2. The molecule has 78 heavy (non-hydrogen) atoms. The Morgan fingerprint density at radius 1 is 0.987 bits per heavy atom. The molecule has 5 aliphatic rings. The number of nitrogens with zero attached hydrogens (tertiary/aromatic N) is 6. The van der Waals surface area contributed by atoms with Crippen molar-refractivity contribution in [1.29, 1.82) is 0 Å². The Labute approximate surface area is 464 Å². The van der Waals surface area contributed by atoms with Crippen LogP contribution in [-0.2, 0) is 57.5 Å². The minimum Gasteiger partial charge on any atom is -0.464 e. The van der Waals surface area contributed by atoms with E-state index < -0.39 is 42.9 Å². The van der Waals surface area contributed by atoms with Crippen LogP contribution in [0.4, 0.5) is 4.79 Å². The first kappa shape index (κ1) is 57.0. The van der Waals surface area contributed by atoms with Crippen LogP contribution in [0.2, 0.25) is 5.54 Å². The highest BCUT2D eigenvalue weighted by atomic mass is 28.3. The Morgan fingerprint density at radius 2 is 1.77 bits per heavy atom. The molecule has 17 nitrogen and oxygen atoms in total. The Balaban J connectivity index is 1.02. The van der Waals surface area contributed by atoms with E-state index in [4.69, 9.17) is 23.9 Å². The zero-order valence-corrected chi connectivity index (χ0v) is 48.8. The maximum absolute atomic E-state index is 15.1. The molecule has 4 aromatic rings. The van der Waals surface area contributed by atoms with Crippen molar-refractivity contribution in [3.8, 4) is 34.2 Å². The SMILES string of the molecule is CCN(C[C@]1(C)CCN([Si](C(=O)N[C@H]2Cc3cccc(c3)-c3ccc4c(c3)c(c(-c3cccnc3[C@H](C)OC)n4CC)CC(C)(C)COC(=O)[C@@]3([Si])CCCN(N3)C2=O)C(C)C)C1=O)C(=O)C#C[C@H]1COCCN1C1COC1. The molecule has 2 aromatic heterocycles. The first-order chi connectivity index (χ1) is 37.3. The minimum atomic E-state index is -2.35. The summed E-state index contributed by atoms with van der Waals surface area (Å²) in [6, 6.07) is 17.6. The normalized spacial score (nSPS) is 24.6. The molecule has 4 saturated heterocycles. The number of amides is 4. The van der Waals surface area contributed by atoms with Gasteiger partial charge in [-0.15, -0.1) is 0 Å². The molecule has 4 amide bonds. The lowest BCUT2D eigenvalue weighted by molar-refractivity contribution is -0.157. The van der Waals surface area contributed by atoms with Crippen molar-refractivity contribution in [3.63, 3.8) is 0 Å². The number of fused-ring (bicyclic) bond motifs is 6. The number of methoxy groups -OCH3 is 1. The van der Waals surface area contributed by atoms with Crippen LogP contribution in [-0.4, -0.2) is 174 Å². The van der Waals surface area contributed by atoms with Gasteiger partial charge >= 0.3 is 5.97 Å². The molecular weight excluding hydrogens is 1020 g/mol. The van der Waals surface area contributed by atoms with Gasteiger partial charge in [0.05, 0.1) is 78.3 Å². The predicted molar refractivity (Wildman–Crippen MR) is 300 cm³/mol. The van der Waals surface area contributed by atoms with Crippen LogP contribution in [0.1, 0.15) is 97.6 Å². The quantitative estimate of drug-likeness (QED) is 0.0962. The van der Waals surface area contributed by atoms with Gasteiger partial charge in [-0.1, -0.05) is 63.9 Å². The summed E-state index contributed by atoms with van der Waals surface area (Å²) < 4.78 is 27.3. The van der Waals surface area contributed by atoms with Gasteiger partial charge in [0.1, 0.15) is 11.2 Å². The third kappa shape index (κ3) is 11.6. The number of esters is 1. The number of aromatic nitrogens is 2. The molecule has 414 valence electrons. The summed E-state index contributed by atoms with van der Waals surface area (Å²) in [5.41, 5.74) is 8.78. The molecule has 5 aliphatic heterocycles. The second-order valence-corrected chi connectivity index (χ2v) is 26.8. The molecule has 5 atom stereocenters. The highest BCUT2D eigenvalue weighted by Crippen LogP contribution is 2.42. The third-order valence-corrected chi connectivity index (χ3v) is 19.6. The van der Waals surface area contributed by atoms with Gasteiger partial charge < -0.3 is 38.3 Å². The Bertz CT molecular complexity index is 2990. The fraction of sp³-hybridized carbons (Fsp3) is 0.559. The van der Waals surface area contributed by atoms with E-state index in [9.17, 15) is 14.4 Å². The first-order valence-corrected chi connectivity index (χ1v) is 29.8. The summed E-state index contributed by atoms with van der Waals surface area (Å²) in [7, 11) is 3.10. The van der Waals surface area contributed by atoms with Crippen LogP contribution in [0.15, 0.2) is 60.8 Å². The summed E-state index contributed by atoms with van der Waals surface area (Å²) in [6.07, 6.45) is 3.47. The first-order valence-electron chi connectivity index (χ1n) is 27.7. The highest BCUT2D eigenvalue weighted by Gasteiger charge is 2.51. The van der Waals surface area contributed by atoms with E-state index >= 15 is 9.59 Å². The second kappa shape index (κ2) is 23.5. The maximum Gasteiger partial charge on any atom is 0.323 e. The van der Waals surface area contributed by atoms with Crippen molar-refractivity contribution < 1.29 is 42.9 Å². The number of hydrazine groups is 1. The fourth-order valence-corrected chi connectivity index (χ4v) is 14.7. The van der Waals surface area contributed by atoms with Crippen molar-refractivity contribution in [1.82, 2.24) is 39.7 Å². The van der Waals surface area contributed by atoms with Crippen molar-refractivity contribution in [3.05, 3.63) is 77.6 Å². The number of cyclic esters (lactones) is 1. The molecular formula is C59H76N8O9Si2. The standard InChI is InChI=1S/C59H76N8O9Si2/c1-10-63(50(68)21-19-43-33-74-28-27-65(43)44-34-75-35-44)36-58(8)23-26-67(54(58)70)78(38(3)4)56(72)61-48-30-40-15-12-16-41(29-40)42-18-20-49-46(31-42)47(52(64(49)11-2)45-17-13-24-60-51(45)39(5)73-9)32-57(6,7)37-76-55(71)59(77)22-14-25-66(62-59)53(48)69/h12-13,15-18,20,24,29,31,38-39,43-44,48,62H,10-11,14,22-23,25-28,30,32-37H2,1-9H3,(H,61,72)/t39-,43-,48-,58-,59-/m0/s1. The molecule has 0 spiro atoms. The molecule has 0 aliphatic carbocycles. The maximum atomic E-state index is 15.1. The average molecular weight is 1100 g/mol. The molecule has 4 fully saturated rings. The Hall–Kier alpha value is -5.73. The van der Waals surface area contributed by atoms with Gasteiger partial charge in [-0.05, 0) is 111 Å². The monoisotopic (exact) mass is 1100 g/mol. The average Bonchev–Trinajstić information content (AvgIpc) is 3.91. The van der Waals surface area contributed by atoms with Crippen molar-refractivity contribution in [2.24, 2.45) is 10.8 Å². The lowest BCUT2D eigenvalue weighted by Crippen LogP contribution is -2.68. The van der Waals surface area contributed by atoms with E-state index in [0.717, 1.165) is 56.7 Å². The molecule has 0 unspecified atom stereocenters. The van der Waals surface area contributed by atoms with Gasteiger partial charge in [0.2, 0.25) is 11.4 Å². The number of rotatable bonds is 12. The predicted octanol–water partition coefficient (Wildman–Crippen LogP) is 6.01. The lowest BCUT2D eigenvalue weighted by Gasteiger charge is -2.42. The van der Waals surface area contributed by atoms with Crippen molar-refractivity contribution in [2.75, 3.05) is 72.9 Å². The second-order valence-electron chi connectivity index (χ2n) is 23.0. The molecule has 2 N–H and O–H groups in total. The number of morpholine rings is 1. The smallest absolute Gasteiger partial charge is 0.323 e. The molecule has 2 aromatic carbocycles. The van der Waals surface area contributed by atoms with Gasteiger partial charge in [0, 0.05) is 80.9 Å². The molecule has 19 heteroatoms. The zero-order valence-electron chi connectivity index (χ0n) is 46.8. The van der Waals surface area contributed by atoms with Gasteiger partial charge in [-0.25, -0.2) is 5.43 Å². The summed E-state index contributed by atoms with van der Waals surface area (Å²) in [4.78, 5) is 81.7. The van der Waals surface area contributed by atoms with Gasteiger partial charge in [0.15, 0.2) is 0 Å². The van der Waals surface area contributed by atoms with Crippen LogP contribution < -0.4 is 10.7 Å². The van der Waals surface area contributed by atoms with E-state index in [2.05, 4.69) is 99.5 Å². The zero-order chi connectivity index (χ0) is 55.7. The van der Waals surface area contributed by atoms with Crippen LogP contribution in [0.5, 0.6) is 0 Å². The van der Waals surface area contributed by atoms with Gasteiger partial charge in [-0.2, -0.15) is 0 Å². The largest absolute Gasteiger partial charge is 0.464 e. The minimum absolute atomic E-state index is 0.0851. The number of hydrogen-bond donors (Lipinski definition) is 2. The number of benzene rings is 2. The van der Waals surface area contributed by atoms with E-state index in [1.807, 2.05) is 52.8 Å². The molecule has 4 radical (unpaired) electrons. The van der Waals surface area contributed by atoms with Gasteiger partial charge in [0.25, 0.3) is 20.8 Å². The van der Waals surface area contributed by atoms with Crippen molar-refractivity contribution in [2.45, 2.75) is 129 Å². The van der Waals surface area contributed by atoms with Crippen LogP contribution >= 0.6 is 0 Å². The summed E-state index contributed by atoms with van der Waals surface area (Å²) in [5.74, 6) is 4.49. The molecule has 6 bridgehead atoms. The lowest BCUT2D eigenvalue weighted by atomic mass is 9.84. The number of ether oxygens (including phenoxy) is 4. The van der Waals surface area contributed by atoms with Crippen LogP contribution in [0.25, 0.3) is 33.3 Å². The molecule has 9 rings (SSSR count). The van der Waals surface area contributed by atoms with Crippen LogP contribution in [0, 0.1) is 22.7 Å². The third-order valence-electron chi connectivity index (χ3n) is 16.3. The van der Waals surface area contributed by atoms with E-state index in [-0.39, 0.29) is 67.2 Å². The Kier molecular flexibility index (Phi) is 17.2. The van der Waals surface area contributed by atoms with E-state index in [0.29, 0.717) is 71.7 Å². The van der Waals surface area contributed by atoms with Gasteiger partial charge in [-0.3, -0.25) is 38.9 Å². The van der Waals surface area contributed by atoms with E-state index in [1.165, 1.54) is 5.01 Å². The van der Waals surface area contributed by atoms with E-state index in [1.54, 1.807) is 22.8 Å². The van der Waals surface area contributed by atoms with Crippen LogP contribution in [0.3, 0.4) is 0 Å². The number of aryl methyl sites for hydroxylation is 1. The summed E-state index contributed by atoms with van der Waals surface area (Å²) in [5, 5.41) is 4.23. The summed E-state index contributed by atoms with van der Waals surface area (Å²) in [6.45, 7) is 20.8. The number of hydrogen-bond acceptors (Lipinski definition) is 12. The fourth-order valence-electron chi connectivity index (χ4n) is 11.8. The molecule has 0 saturated carbocycles. The number of pyridine rings is 1. The summed E-state index contributed by atoms with van der Waals surface area (Å²) >= 11 is 0. The highest BCUT2D eigenvalue weighted by molar-refractivity contribution is 6.90. The van der Waals surface area contributed by atoms with Crippen molar-refractivity contribution >= 4 is 59.3 Å². The Morgan fingerprint density at radius 3 is 2.49 bits per heavy atom. The number of carbonyl (C=O) groups excluding carboxylic acids is 5. The topological polar surface area (TPSA) is 177 Å². The molecule has 7 heterocycles. The number of carbonyl (C=O) groups is 5.